The van der Waals surface area contributed by atoms with Crippen LogP contribution in [0.25, 0.3) is 11.3 Å². The lowest BCUT2D eigenvalue weighted by molar-refractivity contribution is 0.00949. The summed E-state index contributed by atoms with van der Waals surface area (Å²) >= 11 is 1.52. The van der Waals surface area contributed by atoms with E-state index in [9.17, 15) is 13.2 Å². The minimum absolute atomic E-state index is 0.0855. The topological polar surface area (TPSA) is 76.6 Å². The number of carbonyl (C=O) groups excluding carboxylic acids is 1. The van der Waals surface area contributed by atoms with Crippen LogP contribution in [0.2, 0.25) is 0 Å². The Morgan fingerprint density at radius 1 is 1.21 bits per heavy atom. The average Bonchev–Trinajstić information content (AvgIpc) is 3.09. The van der Waals surface area contributed by atoms with Crippen molar-refractivity contribution in [3.63, 3.8) is 0 Å². The molecule has 8 heteroatoms. The molecular weight excluding hydrogens is 396 g/mol. The van der Waals surface area contributed by atoms with Crippen molar-refractivity contribution < 1.29 is 17.9 Å². The molecule has 0 bridgehead atoms. The first-order valence-corrected chi connectivity index (χ1v) is 12.1. The fourth-order valence-corrected chi connectivity index (χ4v) is 4.78. The van der Waals surface area contributed by atoms with E-state index in [-0.39, 0.29) is 17.0 Å². The molecule has 1 aromatic heterocycles. The third-order valence-electron chi connectivity index (χ3n) is 4.52. The van der Waals surface area contributed by atoms with Gasteiger partial charge in [0.25, 0.3) is 0 Å². The Labute approximate surface area is 170 Å². The molecule has 0 saturated carbocycles. The lowest BCUT2D eigenvalue weighted by atomic mass is 10.0. The molecule has 1 saturated heterocycles. The number of aromatic nitrogens is 1. The number of amides is 1. The zero-order valence-electron chi connectivity index (χ0n) is 16.6. The number of sulfone groups is 1. The summed E-state index contributed by atoms with van der Waals surface area (Å²) in [4.78, 5) is 19.4. The highest BCUT2D eigenvalue weighted by Crippen LogP contribution is 2.35. The zero-order chi connectivity index (χ0) is 20.5. The maximum absolute atomic E-state index is 12.6. The van der Waals surface area contributed by atoms with Crippen LogP contribution in [-0.2, 0) is 14.6 Å². The summed E-state index contributed by atoms with van der Waals surface area (Å²) < 4.78 is 28.8. The van der Waals surface area contributed by atoms with E-state index in [0.29, 0.717) is 6.54 Å². The van der Waals surface area contributed by atoms with E-state index in [4.69, 9.17) is 9.72 Å². The molecular formula is C20H26N2O4S2. The summed E-state index contributed by atoms with van der Waals surface area (Å²) in [5.41, 5.74) is 1.11. The number of carbonyl (C=O) groups is 1. The molecule has 1 aromatic carbocycles. The summed E-state index contributed by atoms with van der Waals surface area (Å²) in [6.07, 6.45) is 3.76. The highest BCUT2D eigenvalue weighted by Gasteiger charge is 2.33. The van der Waals surface area contributed by atoms with Gasteiger partial charge in [0.1, 0.15) is 10.6 Å². The Bertz CT molecular complexity index is 943. The maximum Gasteiger partial charge on any atom is 0.410 e. The van der Waals surface area contributed by atoms with Gasteiger partial charge in [-0.05, 0) is 52.2 Å². The van der Waals surface area contributed by atoms with Crippen LogP contribution in [0.4, 0.5) is 4.79 Å². The van der Waals surface area contributed by atoms with Crippen LogP contribution < -0.4 is 0 Å². The smallest absolute Gasteiger partial charge is 0.410 e. The first kappa shape index (κ1) is 20.8. The van der Waals surface area contributed by atoms with Crippen LogP contribution in [0, 0.1) is 0 Å². The van der Waals surface area contributed by atoms with E-state index in [1.54, 1.807) is 29.2 Å². The molecule has 0 aliphatic carbocycles. The fraction of sp³-hybridized carbons (Fsp3) is 0.500. The van der Waals surface area contributed by atoms with Crippen LogP contribution in [-0.4, -0.2) is 42.8 Å². The monoisotopic (exact) mass is 422 g/mol. The van der Waals surface area contributed by atoms with Crippen LogP contribution >= 0.6 is 11.3 Å². The van der Waals surface area contributed by atoms with Crippen LogP contribution in [0.15, 0.2) is 34.5 Å². The van der Waals surface area contributed by atoms with E-state index < -0.39 is 15.4 Å². The lowest BCUT2D eigenvalue weighted by Gasteiger charge is -2.35. The molecule has 2 aromatic rings. The molecule has 0 N–H and O–H groups in total. The number of rotatable bonds is 3. The molecule has 1 aliphatic heterocycles. The van der Waals surface area contributed by atoms with Gasteiger partial charge in [0.05, 0.1) is 16.6 Å². The number of hydrogen-bond donors (Lipinski definition) is 0. The van der Waals surface area contributed by atoms with Gasteiger partial charge < -0.3 is 4.74 Å². The summed E-state index contributed by atoms with van der Waals surface area (Å²) in [7, 11) is -3.22. The molecule has 3 rings (SSSR count). The van der Waals surface area contributed by atoms with E-state index in [2.05, 4.69) is 0 Å². The van der Waals surface area contributed by atoms with Gasteiger partial charge in [-0.25, -0.2) is 18.2 Å². The van der Waals surface area contributed by atoms with Gasteiger partial charge in [0.2, 0.25) is 0 Å². The van der Waals surface area contributed by atoms with Gasteiger partial charge in [0.15, 0.2) is 9.84 Å². The molecule has 0 spiro atoms. The Morgan fingerprint density at radius 2 is 1.89 bits per heavy atom. The molecule has 1 fully saturated rings. The zero-order valence-corrected chi connectivity index (χ0v) is 18.3. The van der Waals surface area contributed by atoms with Crippen LogP contribution in [0.3, 0.4) is 0 Å². The summed E-state index contributed by atoms with van der Waals surface area (Å²) in [5, 5.41) is 2.83. The van der Waals surface area contributed by atoms with E-state index >= 15 is 0 Å². The van der Waals surface area contributed by atoms with Crippen LogP contribution in [0.1, 0.15) is 51.1 Å². The molecule has 28 heavy (non-hydrogen) atoms. The molecule has 152 valence electrons. The van der Waals surface area contributed by atoms with Gasteiger partial charge in [-0.2, -0.15) is 0 Å². The van der Waals surface area contributed by atoms with Crippen molar-refractivity contribution in [2.75, 3.05) is 12.8 Å². The minimum atomic E-state index is -3.22. The predicted molar refractivity (Wildman–Crippen MR) is 110 cm³/mol. The SMILES string of the molecule is CC(C)(C)OC(=O)N1CCCC[C@@H]1c1nc(-c2ccc(S(C)(=O)=O)cc2)cs1. The minimum Gasteiger partial charge on any atom is -0.444 e. The van der Waals surface area contributed by atoms with Crippen molar-refractivity contribution in [1.82, 2.24) is 9.88 Å². The number of piperidine rings is 1. The Hall–Kier alpha value is -1.93. The second-order valence-electron chi connectivity index (χ2n) is 8.05. The second-order valence-corrected chi connectivity index (χ2v) is 11.0. The maximum atomic E-state index is 12.6. The van der Waals surface area contributed by atoms with Crippen molar-refractivity contribution in [2.24, 2.45) is 0 Å². The molecule has 6 nitrogen and oxygen atoms in total. The lowest BCUT2D eigenvalue weighted by Crippen LogP contribution is -2.41. The number of nitrogens with zero attached hydrogens (tertiary/aromatic N) is 2. The molecule has 1 atom stereocenters. The average molecular weight is 423 g/mol. The Kier molecular flexibility index (Phi) is 5.82. The van der Waals surface area contributed by atoms with Gasteiger partial charge in [-0.3, -0.25) is 4.90 Å². The summed E-state index contributed by atoms with van der Waals surface area (Å²) in [6, 6.07) is 6.63. The molecule has 1 aliphatic rings. The highest BCUT2D eigenvalue weighted by atomic mass is 32.2. The van der Waals surface area contributed by atoms with Gasteiger partial charge >= 0.3 is 6.09 Å². The first-order chi connectivity index (χ1) is 13.0. The Morgan fingerprint density at radius 3 is 2.50 bits per heavy atom. The Balaban J connectivity index is 1.82. The van der Waals surface area contributed by atoms with Crippen molar-refractivity contribution in [2.45, 2.75) is 56.6 Å². The van der Waals surface area contributed by atoms with Crippen molar-refractivity contribution in [3.05, 3.63) is 34.7 Å². The largest absolute Gasteiger partial charge is 0.444 e. The highest BCUT2D eigenvalue weighted by molar-refractivity contribution is 7.90. The number of hydrogen-bond acceptors (Lipinski definition) is 6. The van der Waals surface area contributed by atoms with E-state index in [1.807, 2.05) is 26.2 Å². The number of benzene rings is 1. The van der Waals surface area contributed by atoms with E-state index in [0.717, 1.165) is 35.5 Å². The summed E-state index contributed by atoms with van der Waals surface area (Å²) in [5.74, 6) is 0. The standard InChI is InChI=1S/C20H26N2O4S2/c1-20(2,3)26-19(23)22-12-6-5-7-17(22)18-21-16(13-27-18)14-8-10-15(11-9-14)28(4,24)25/h8-11,13,17H,5-7,12H2,1-4H3/t17-/m1/s1. The predicted octanol–water partition coefficient (Wildman–Crippen LogP) is 4.68. The second kappa shape index (κ2) is 7.83. The van der Waals surface area contributed by atoms with Crippen molar-refractivity contribution in [1.29, 1.82) is 0 Å². The fourth-order valence-electron chi connectivity index (χ4n) is 3.17. The van der Waals surface area contributed by atoms with Gasteiger partial charge in [-0.1, -0.05) is 12.1 Å². The molecule has 0 radical (unpaired) electrons. The van der Waals surface area contributed by atoms with Crippen LogP contribution in [0.5, 0.6) is 0 Å². The normalized spacial score (nSPS) is 18.1. The number of thiazole rings is 1. The molecule has 1 amide bonds. The van der Waals surface area contributed by atoms with Crippen molar-refractivity contribution >= 4 is 27.3 Å². The summed E-state index contributed by atoms with van der Waals surface area (Å²) in [6.45, 7) is 6.26. The van der Waals surface area contributed by atoms with Gasteiger partial charge in [0, 0.05) is 23.7 Å². The van der Waals surface area contributed by atoms with Gasteiger partial charge in [-0.15, -0.1) is 11.3 Å². The first-order valence-electron chi connectivity index (χ1n) is 9.30. The number of likely N-dealkylation sites (tertiary alicyclic amines) is 1. The van der Waals surface area contributed by atoms with Crippen molar-refractivity contribution in [3.8, 4) is 11.3 Å². The molecule has 2 heterocycles. The number of ether oxygens (including phenoxy) is 1. The van der Waals surface area contributed by atoms with E-state index in [1.165, 1.54) is 17.6 Å². The quantitative estimate of drug-likeness (QED) is 0.718. The third kappa shape index (κ3) is 4.91. The molecule has 0 unspecified atom stereocenters. The third-order valence-corrected chi connectivity index (χ3v) is 6.59.